The number of imidazole rings is 1. The quantitative estimate of drug-likeness (QED) is 0.163. The van der Waals surface area contributed by atoms with Crippen molar-refractivity contribution in [2.75, 3.05) is 13.7 Å². The molecule has 1 unspecified atom stereocenters. The molecule has 1 heterocycles. The molecule has 0 saturated heterocycles. The molecule has 0 N–H and O–H groups in total. The molecule has 0 radical (unpaired) electrons. The van der Waals surface area contributed by atoms with Gasteiger partial charge < -0.3 is 14.0 Å². The summed E-state index contributed by atoms with van der Waals surface area (Å²) in [7, 11) is 1.65. The Labute approximate surface area is 278 Å². The Balaban J connectivity index is 0.000000581. The maximum atomic E-state index is 6.65. The molecule has 244 valence electrons. The Morgan fingerprint density at radius 2 is 1.48 bits per heavy atom. The van der Waals surface area contributed by atoms with E-state index in [4.69, 9.17) is 37.7 Å². The molecule has 0 amide bonds. The number of unbranched alkanes of at least 4 members (excludes halogenated alkanes) is 1. The summed E-state index contributed by atoms with van der Waals surface area (Å²) in [6, 6.07) is 19.4. The lowest BCUT2D eigenvalue weighted by atomic mass is 10.0. The Morgan fingerprint density at radius 1 is 0.795 bits per heavy atom. The minimum absolute atomic E-state index is 0.596. The van der Waals surface area contributed by atoms with E-state index in [1.54, 1.807) is 7.11 Å². The average molecular weight is 644 g/mol. The summed E-state index contributed by atoms with van der Waals surface area (Å²) >= 11 is 12.9. The van der Waals surface area contributed by atoms with E-state index in [1.165, 1.54) is 38.5 Å². The third kappa shape index (κ3) is 13.5. The van der Waals surface area contributed by atoms with Gasteiger partial charge in [0.2, 0.25) is 0 Å². The van der Waals surface area contributed by atoms with Gasteiger partial charge in [-0.05, 0) is 60.4 Å². The van der Waals surface area contributed by atoms with E-state index in [0.29, 0.717) is 23.2 Å². The lowest BCUT2D eigenvalue weighted by molar-refractivity contribution is 0.317. The Bertz CT molecular complexity index is 1330. The fourth-order valence-electron chi connectivity index (χ4n) is 4.10. The molecule has 4 aromatic rings. The molecule has 0 aliphatic heterocycles. The monoisotopic (exact) mass is 642 g/mol. The molecule has 0 bridgehead atoms. The fourth-order valence-corrected chi connectivity index (χ4v) is 4.57. The summed E-state index contributed by atoms with van der Waals surface area (Å²) in [5, 5.41) is 1.30. The number of fused-ring (bicyclic) bond motifs is 1. The van der Waals surface area contributed by atoms with Crippen LogP contribution in [0.3, 0.4) is 0 Å². The van der Waals surface area contributed by atoms with Crippen LogP contribution in [0.15, 0.2) is 60.7 Å². The van der Waals surface area contributed by atoms with E-state index in [9.17, 15) is 0 Å². The summed E-state index contributed by atoms with van der Waals surface area (Å²) in [5.74, 6) is 3.25. The molecule has 0 fully saturated rings. The maximum Gasteiger partial charge on any atom is 0.142 e. The number of ether oxygens (including phenoxy) is 2. The summed E-state index contributed by atoms with van der Waals surface area (Å²) < 4.78 is 13.2. The van der Waals surface area contributed by atoms with E-state index in [0.717, 1.165) is 51.8 Å². The Kier molecular flexibility index (Phi) is 20.4. The van der Waals surface area contributed by atoms with Crippen LogP contribution in [-0.2, 0) is 6.54 Å². The van der Waals surface area contributed by atoms with Crippen molar-refractivity contribution >= 4 is 34.2 Å². The Hall–Kier alpha value is -2.69. The highest BCUT2D eigenvalue weighted by Crippen LogP contribution is 2.34. The largest absolute Gasteiger partial charge is 0.497 e. The van der Waals surface area contributed by atoms with Gasteiger partial charge in [-0.15, -0.1) is 0 Å². The molecule has 44 heavy (non-hydrogen) atoms. The zero-order valence-electron chi connectivity index (χ0n) is 28.7. The van der Waals surface area contributed by atoms with Crippen LogP contribution in [0.1, 0.15) is 106 Å². The van der Waals surface area contributed by atoms with Gasteiger partial charge in [0, 0.05) is 23.2 Å². The van der Waals surface area contributed by atoms with Crippen molar-refractivity contribution in [3.05, 3.63) is 76.3 Å². The normalized spacial score (nSPS) is 10.9. The molecule has 0 spiro atoms. The number of hydrogen-bond acceptors (Lipinski definition) is 3. The van der Waals surface area contributed by atoms with Gasteiger partial charge in [0.05, 0.1) is 29.8 Å². The second-order valence-electron chi connectivity index (χ2n) is 11.0. The van der Waals surface area contributed by atoms with Gasteiger partial charge in [0.1, 0.15) is 17.3 Å². The lowest BCUT2D eigenvalue weighted by Gasteiger charge is -2.12. The first-order valence-corrected chi connectivity index (χ1v) is 17.2. The summed E-state index contributed by atoms with van der Waals surface area (Å²) in [4.78, 5) is 4.89. The third-order valence-electron chi connectivity index (χ3n) is 6.82. The first kappa shape index (κ1) is 39.3. The predicted molar refractivity (Wildman–Crippen MR) is 194 cm³/mol. The molecular formula is C38H56Cl2N2O2. The van der Waals surface area contributed by atoms with Crippen molar-refractivity contribution in [2.24, 2.45) is 5.92 Å². The average Bonchev–Trinajstić information content (AvgIpc) is 3.37. The fraction of sp³-hybridized carbons (Fsp3) is 0.500. The Morgan fingerprint density at radius 3 is 2.00 bits per heavy atom. The summed E-state index contributed by atoms with van der Waals surface area (Å²) in [6.45, 7) is 18.8. The summed E-state index contributed by atoms with van der Waals surface area (Å²) in [5.41, 5.74) is 3.76. The van der Waals surface area contributed by atoms with E-state index < -0.39 is 0 Å². The molecule has 4 rings (SSSR count). The first-order chi connectivity index (χ1) is 21.2. The van der Waals surface area contributed by atoms with E-state index >= 15 is 0 Å². The van der Waals surface area contributed by atoms with E-state index in [-0.39, 0.29) is 0 Å². The smallest absolute Gasteiger partial charge is 0.142 e. The van der Waals surface area contributed by atoms with Gasteiger partial charge in [0.15, 0.2) is 0 Å². The van der Waals surface area contributed by atoms with Gasteiger partial charge in [-0.25, -0.2) is 4.98 Å². The van der Waals surface area contributed by atoms with Gasteiger partial charge in [-0.2, -0.15) is 0 Å². The van der Waals surface area contributed by atoms with Gasteiger partial charge in [-0.1, -0.05) is 129 Å². The number of nitrogens with zero attached hydrogens (tertiary/aromatic N) is 2. The van der Waals surface area contributed by atoms with Crippen LogP contribution in [0.25, 0.3) is 22.4 Å². The van der Waals surface area contributed by atoms with Crippen molar-refractivity contribution in [3.8, 4) is 22.9 Å². The highest BCUT2D eigenvalue weighted by Gasteiger charge is 2.17. The lowest BCUT2D eigenvalue weighted by Crippen LogP contribution is -2.03. The van der Waals surface area contributed by atoms with Crippen molar-refractivity contribution in [3.63, 3.8) is 0 Å². The molecule has 0 saturated carbocycles. The predicted octanol–water partition coefficient (Wildman–Crippen LogP) is 12.9. The minimum atomic E-state index is 0.596. The van der Waals surface area contributed by atoms with Crippen molar-refractivity contribution in [1.82, 2.24) is 9.55 Å². The van der Waals surface area contributed by atoms with Crippen LogP contribution in [0.4, 0.5) is 0 Å². The number of hydrogen-bond donors (Lipinski definition) is 0. The molecule has 0 aliphatic carbocycles. The number of halogens is 2. The number of methoxy groups -OCH3 is 1. The maximum absolute atomic E-state index is 6.65. The second-order valence-corrected chi connectivity index (χ2v) is 11.8. The molecule has 3 aromatic carbocycles. The standard InChI is InChI=1S/C24H22Cl2N2O2.C7H16.C4H10.C3H8/c1-3-11-30-19-7-9-20(21(26)13-19)24-27-22-14-18(29-2)8-10-23(22)28(24)15-16-5-4-6-17(25)12-16;1-4-6-7(3)5-2;1-3-4-2;1-3-2/h4-10,12-14H,3,11,15H2,1-2H3;7H,4-6H2,1-3H3;3-4H2,1-2H3;3H2,1-2H3. The van der Waals surface area contributed by atoms with Gasteiger partial charge in [0.25, 0.3) is 0 Å². The molecule has 6 heteroatoms. The van der Waals surface area contributed by atoms with Crippen LogP contribution >= 0.6 is 23.2 Å². The summed E-state index contributed by atoms with van der Waals surface area (Å²) in [6.07, 6.45) is 8.91. The highest BCUT2D eigenvalue weighted by atomic mass is 35.5. The van der Waals surface area contributed by atoms with Crippen molar-refractivity contribution in [1.29, 1.82) is 0 Å². The van der Waals surface area contributed by atoms with E-state index in [2.05, 4.69) is 60.0 Å². The van der Waals surface area contributed by atoms with Crippen LogP contribution < -0.4 is 9.47 Å². The molecular weight excluding hydrogens is 587 g/mol. The first-order valence-electron chi connectivity index (χ1n) is 16.4. The number of aromatic nitrogens is 2. The third-order valence-corrected chi connectivity index (χ3v) is 7.37. The molecule has 0 aliphatic rings. The topological polar surface area (TPSA) is 36.3 Å². The highest BCUT2D eigenvalue weighted by molar-refractivity contribution is 6.33. The molecule has 1 aromatic heterocycles. The van der Waals surface area contributed by atoms with E-state index in [1.807, 2.05) is 60.7 Å². The zero-order valence-corrected chi connectivity index (χ0v) is 30.2. The number of rotatable bonds is 11. The number of benzene rings is 3. The van der Waals surface area contributed by atoms with Crippen LogP contribution in [0, 0.1) is 5.92 Å². The van der Waals surface area contributed by atoms with Crippen LogP contribution in [-0.4, -0.2) is 23.3 Å². The minimum Gasteiger partial charge on any atom is -0.497 e. The SMILES string of the molecule is CCC.CCCC.CCCC(C)CC.CCCOc1ccc(-c2nc3cc(OC)ccc3n2Cc2cccc(Cl)c2)c(Cl)c1. The molecule has 1 atom stereocenters. The van der Waals surface area contributed by atoms with Gasteiger partial charge in [-0.3, -0.25) is 0 Å². The molecule has 4 nitrogen and oxygen atoms in total. The zero-order chi connectivity index (χ0) is 32.9. The second kappa shape index (κ2) is 22.8. The van der Waals surface area contributed by atoms with Crippen molar-refractivity contribution < 1.29 is 9.47 Å². The van der Waals surface area contributed by atoms with Crippen LogP contribution in [0.5, 0.6) is 11.5 Å². The van der Waals surface area contributed by atoms with Crippen molar-refractivity contribution in [2.45, 2.75) is 107 Å². The van der Waals surface area contributed by atoms with Crippen LogP contribution in [0.2, 0.25) is 10.0 Å². The van der Waals surface area contributed by atoms with Gasteiger partial charge >= 0.3 is 0 Å².